The third-order valence-corrected chi connectivity index (χ3v) is 3.87. The van der Waals surface area contributed by atoms with Crippen LogP contribution in [0.3, 0.4) is 0 Å². The zero-order valence-electron chi connectivity index (χ0n) is 10.0. The van der Waals surface area contributed by atoms with Crippen LogP contribution >= 0.6 is 11.6 Å². The van der Waals surface area contributed by atoms with Gasteiger partial charge in [-0.1, -0.05) is 11.6 Å². The minimum Gasteiger partial charge on any atom is -0.506 e. The largest absolute Gasteiger partial charge is 0.506 e. The zero-order chi connectivity index (χ0) is 12.5. The number of halogens is 1. The van der Waals surface area contributed by atoms with Gasteiger partial charge in [0.15, 0.2) is 11.5 Å². The molecule has 1 atom stereocenters. The second kappa shape index (κ2) is 4.86. The Bertz CT molecular complexity index is 458. The number of fused-ring (bicyclic) bond motifs is 1. The Morgan fingerprint density at radius 2 is 2.17 bits per heavy atom. The van der Waals surface area contributed by atoms with E-state index < -0.39 is 0 Å². The van der Waals surface area contributed by atoms with Crippen LogP contribution in [0.15, 0.2) is 6.07 Å². The second-order valence-electron chi connectivity index (χ2n) is 4.70. The molecule has 1 aromatic rings. The van der Waals surface area contributed by atoms with Crippen molar-refractivity contribution in [1.82, 2.24) is 5.32 Å². The molecule has 0 aliphatic carbocycles. The van der Waals surface area contributed by atoms with Gasteiger partial charge in [-0.2, -0.15) is 0 Å². The molecular formula is C13H16ClNO3. The van der Waals surface area contributed by atoms with Crippen molar-refractivity contribution in [2.75, 3.05) is 26.3 Å². The highest BCUT2D eigenvalue weighted by Crippen LogP contribution is 2.47. The van der Waals surface area contributed by atoms with Crippen LogP contribution in [0.25, 0.3) is 0 Å². The Labute approximate surface area is 111 Å². The summed E-state index contributed by atoms with van der Waals surface area (Å²) in [4.78, 5) is 0. The van der Waals surface area contributed by atoms with Crippen LogP contribution < -0.4 is 14.8 Å². The van der Waals surface area contributed by atoms with Crippen molar-refractivity contribution in [2.24, 2.45) is 0 Å². The topological polar surface area (TPSA) is 50.7 Å². The highest BCUT2D eigenvalue weighted by molar-refractivity contribution is 6.34. The maximum Gasteiger partial charge on any atom is 0.183 e. The van der Waals surface area contributed by atoms with E-state index in [2.05, 4.69) is 5.32 Å². The number of phenolic OH excluding ortho intramolecular Hbond substituents is 1. The third-order valence-electron chi connectivity index (χ3n) is 3.52. The molecule has 1 saturated heterocycles. The number of piperidine rings is 1. The van der Waals surface area contributed by atoms with Gasteiger partial charge in [0.05, 0.1) is 0 Å². The average Bonchev–Trinajstić information content (AvgIpc) is 2.44. The zero-order valence-corrected chi connectivity index (χ0v) is 10.8. The molecule has 0 spiro atoms. The van der Waals surface area contributed by atoms with Gasteiger partial charge in [-0.3, -0.25) is 0 Å². The minimum atomic E-state index is 0.134. The van der Waals surface area contributed by atoms with Crippen molar-refractivity contribution in [2.45, 2.75) is 18.8 Å². The number of rotatable bonds is 1. The molecule has 1 unspecified atom stereocenters. The Hall–Kier alpha value is -1.13. The lowest BCUT2D eigenvalue weighted by atomic mass is 9.90. The van der Waals surface area contributed by atoms with E-state index in [9.17, 15) is 5.11 Å². The fraction of sp³-hybridized carbons (Fsp3) is 0.538. The molecule has 2 aliphatic rings. The lowest BCUT2D eigenvalue weighted by Crippen LogP contribution is -2.28. The highest BCUT2D eigenvalue weighted by Gasteiger charge is 2.26. The van der Waals surface area contributed by atoms with Gasteiger partial charge in [0, 0.05) is 18.0 Å². The fourth-order valence-corrected chi connectivity index (χ4v) is 2.84. The molecule has 0 saturated carbocycles. The molecule has 0 bridgehead atoms. The molecule has 0 amide bonds. The minimum absolute atomic E-state index is 0.134. The standard InChI is InChI=1S/C13H16ClNO3/c14-11-12(16)9(8-2-1-3-15-7-8)6-10-13(11)18-5-4-17-10/h6,8,15-16H,1-5,7H2. The summed E-state index contributed by atoms with van der Waals surface area (Å²) in [5.41, 5.74) is 0.858. The molecule has 3 rings (SSSR count). The van der Waals surface area contributed by atoms with Gasteiger partial charge in [0.2, 0.25) is 0 Å². The molecule has 1 aromatic carbocycles. The summed E-state index contributed by atoms with van der Waals surface area (Å²) in [5.74, 6) is 1.53. The predicted octanol–water partition coefficient (Wildman–Crippen LogP) is 2.28. The van der Waals surface area contributed by atoms with Crippen molar-refractivity contribution in [3.05, 3.63) is 16.7 Å². The first-order valence-electron chi connectivity index (χ1n) is 6.29. The molecule has 0 radical (unpaired) electrons. The van der Waals surface area contributed by atoms with E-state index in [-0.39, 0.29) is 16.7 Å². The Kier molecular flexibility index (Phi) is 3.22. The molecule has 98 valence electrons. The molecule has 2 heterocycles. The van der Waals surface area contributed by atoms with Gasteiger partial charge in [-0.15, -0.1) is 0 Å². The molecule has 2 N–H and O–H groups in total. The summed E-state index contributed by atoms with van der Waals surface area (Å²) >= 11 is 6.16. The van der Waals surface area contributed by atoms with E-state index in [0.717, 1.165) is 31.5 Å². The Morgan fingerprint density at radius 1 is 1.33 bits per heavy atom. The molecule has 18 heavy (non-hydrogen) atoms. The van der Waals surface area contributed by atoms with Crippen LogP contribution in [-0.4, -0.2) is 31.4 Å². The first kappa shape index (κ1) is 11.9. The summed E-state index contributed by atoms with van der Waals surface area (Å²) in [5, 5.41) is 13.8. The third kappa shape index (κ3) is 1.99. The van der Waals surface area contributed by atoms with E-state index in [1.54, 1.807) is 0 Å². The fourth-order valence-electron chi connectivity index (χ4n) is 2.58. The summed E-state index contributed by atoms with van der Waals surface area (Å²) in [6, 6.07) is 1.87. The van der Waals surface area contributed by atoms with Gasteiger partial charge < -0.3 is 19.9 Å². The number of ether oxygens (including phenoxy) is 2. The van der Waals surface area contributed by atoms with Gasteiger partial charge in [-0.05, 0) is 25.5 Å². The first-order valence-corrected chi connectivity index (χ1v) is 6.67. The van der Waals surface area contributed by atoms with Crippen molar-refractivity contribution in [3.63, 3.8) is 0 Å². The van der Waals surface area contributed by atoms with Crippen LogP contribution in [0.2, 0.25) is 5.02 Å². The Balaban J connectivity index is 2.01. The molecule has 4 nitrogen and oxygen atoms in total. The number of nitrogens with one attached hydrogen (secondary N) is 1. The van der Waals surface area contributed by atoms with Crippen molar-refractivity contribution < 1.29 is 14.6 Å². The van der Waals surface area contributed by atoms with Gasteiger partial charge in [0.1, 0.15) is 24.0 Å². The van der Waals surface area contributed by atoms with Crippen LogP contribution in [-0.2, 0) is 0 Å². The van der Waals surface area contributed by atoms with E-state index in [4.69, 9.17) is 21.1 Å². The van der Waals surface area contributed by atoms with E-state index in [0.29, 0.717) is 24.7 Å². The number of aromatic hydroxyl groups is 1. The maximum atomic E-state index is 10.2. The summed E-state index contributed by atoms with van der Waals surface area (Å²) in [7, 11) is 0. The SMILES string of the molecule is Oc1c(C2CCCNC2)cc2c(c1Cl)OCCO2. The normalized spacial score (nSPS) is 22.8. The lowest BCUT2D eigenvalue weighted by molar-refractivity contribution is 0.170. The summed E-state index contributed by atoms with van der Waals surface area (Å²) in [6.45, 7) is 2.89. The first-order chi connectivity index (χ1) is 8.77. The van der Waals surface area contributed by atoms with E-state index in [1.165, 1.54) is 0 Å². The molecule has 0 aromatic heterocycles. The second-order valence-corrected chi connectivity index (χ2v) is 5.07. The quantitative estimate of drug-likeness (QED) is 0.821. The number of phenols is 1. The molecule has 1 fully saturated rings. The van der Waals surface area contributed by atoms with Crippen molar-refractivity contribution in [1.29, 1.82) is 0 Å². The molecule has 2 aliphatic heterocycles. The van der Waals surface area contributed by atoms with E-state index in [1.807, 2.05) is 6.07 Å². The number of benzene rings is 1. The van der Waals surface area contributed by atoms with Crippen LogP contribution in [0.1, 0.15) is 24.3 Å². The molecule has 5 heteroatoms. The summed E-state index contributed by atoms with van der Waals surface area (Å²) in [6.07, 6.45) is 2.16. The van der Waals surface area contributed by atoms with Crippen molar-refractivity contribution >= 4 is 11.6 Å². The summed E-state index contributed by atoms with van der Waals surface area (Å²) < 4.78 is 11.0. The molecular weight excluding hydrogens is 254 g/mol. The van der Waals surface area contributed by atoms with Gasteiger partial charge >= 0.3 is 0 Å². The lowest BCUT2D eigenvalue weighted by Gasteiger charge is -2.27. The van der Waals surface area contributed by atoms with Crippen LogP contribution in [0.4, 0.5) is 0 Å². The predicted molar refractivity (Wildman–Crippen MR) is 69.0 cm³/mol. The number of hydrogen-bond acceptors (Lipinski definition) is 4. The average molecular weight is 270 g/mol. The maximum absolute atomic E-state index is 10.2. The van der Waals surface area contributed by atoms with Gasteiger partial charge in [0.25, 0.3) is 0 Å². The van der Waals surface area contributed by atoms with E-state index >= 15 is 0 Å². The number of hydrogen-bond donors (Lipinski definition) is 2. The van der Waals surface area contributed by atoms with Gasteiger partial charge in [-0.25, -0.2) is 0 Å². The monoisotopic (exact) mass is 269 g/mol. The smallest absolute Gasteiger partial charge is 0.183 e. The highest BCUT2D eigenvalue weighted by atomic mass is 35.5. The van der Waals surface area contributed by atoms with Crippen LogP contribution in [0, 0.1) is 0 Å². The van der Waals surface area contributed by atoms with Crippen LogP contribution in [0.5, 0.6) is 17.2 Å². The Morgan fingerprint density at radius 3 is 2.94 bits per heavy atom. The van der Waals surface area contributed by atoms with Crippen molar-refractivity contribution in [3.8, 4) is 17.2 Å².